The molecule has 0 spiro atoms. The summed E-state index contributed by atoms with van der Waals surface area (Å²) in [5, 5.41) is 3.62. The molecule has 1 N–H and O–H groups in total. The second kappa shape index (κ2) is 6.93. The van der Waals surface area contributed by atoms with Crippen molar-refractivity contribution < 1.29 is 0 Å². The molecule has 1 aromatic carbocycles. The van der Waals surface area contributed by atoms with Gasteiger partial charge < -0.3 is 5.32 Å². The number of nitrogens with zero attached hydrogens (tertiary/aromatic N) is 1. The molecule has 0 aromatic heterocycles. The van der Waals surface area contributed by atoms with Gasteiger partial charge in [-0.3, -0.25) is 4.90 Å². The number of nitrogens with one attached hydrogen (secondary N) is 1. The summed E-state index contributed by atoms with van der Waals surface area (Å²) in [6.07, 6.45) is 1.27. The Morgan fingerprint density at radius 3 is 2.38 bits per heavy atom. The van der Waals surface area contributed by atoms with E-state index in [1.807, 2.05) is 0 Å². The van der Waals surface area contributed by atoms with Crippen molar-refractivity contribution in [1.82, 2.24) is 10.2 Å². The van der Waals surface area contributed by atoms with Crippen molar-refractivity contribution in [1.29, 1.82) is 0 Å². The predicted molar refractivity (Wildman–Crippen MR) is 91.7 cm³/mol. The van der Waals surface area contributed by atoms with Crippen LogP contribution in [0, 0.1) is 5.92 Å². The number of hydrogen-bond donors (Lipinski definition) is 1. The zero-order valence-corrected chi connectivity index (χ0v) is 14.4. The topological polar surface area (TPSA) is 15.3 Å². The number of hydrogen-bond acceptors (Lipinski definition) is 2. The van der Waals surface area contributed by atoms with Crippen molar-refractivity contribution in [2.75, 3.05) is 19.6 Å². The standard InChI is InChI=1S/C19H32N2/c1-6-20-18-11-12-21(13-15(18)2)14-16-7-9-17(10-8-16)19(3,4)5/h7-10,15,18,20H,6,11-14H2,1-5H3. The first-order valence-corrected chi connectivity index (χ1v) is 8.45. The Hall–Kier alpha value is -0.860. The first-order chi connectivity index (χ1) is 9.90. The third-order valence-corrected chi connectivity index (χ3v) is 4.68. The first kappa shape index (κ1) is 16.5. The predicted octanol–water partition coefficient (Wildman–Crippen LogP) is 3.80. The van der Waals surface area contributed by atoms with Crippen LogP contribution in [0.5, 0.6) is 0 Å². The van der Waals surface area contributed by atoms with E-state index < -0.39 is 0 Å². The average Bonchev–Trinajstić information content (AvgIpc) is 2.42. The molecule has 0 bridgehead atoms. The van der Waals surface area contributed by atoms with Crippen LogP contribution in [0.3, 0.4) is 0 Å². The summed E-state index contributed by atoms with van der Waals surface area (Å²) in [5.74, 6) is 0.743. The fraction of sp³-hybridized carbons (Fsp3) is 0.684. The van der Waals surface area contributed by atoms with Gasteiger partial charge in [-0.1, -0.05) is 58.9 Å². The molecule has 2 atom stereocenters. The Balaban J connectivity index is 1.91. The van der Waals surface area contributed by atoms with E-state index in [9.17, 15) is 0 Å². The molecule has 21 heavy (non-hydrogen) atoms. The van der Waals surface area contributed by atoms with Crippen LogP contribution in [0.2, 0.25) is 0 Å². The van der Waals surface area contributed by atoms with Gasteiger partial charge >= 0.3 is 0 Å². The number of piperidine rings is 1. The quantitative estimate of drug-likeness (QED) is 0.906. The van der Waals surface area contributed by atoms with Gasteiger partial charge in [-0.05, 0) is 42.0 Å². The largest absolute Gasteiger partial charge is 0.314 e. The first-order valence-electron chi connectivity index (χ1n) is 8.45. The Bertz CT molecular complexity index is 430. The Morgan fingerprint density at radius 2 is 1.86 bits per heavy atom. The van der Waals surface area contributed by atoms with E-state index in [0.717, 1.165) is 19.0 Å². The number of benzene rings is 1. The summed E-state index contributed by atoms with van der Waals surface area (Å²) < 4.78 is 0. The fourth-order valence-corrected chi connectivity index (χ4v) is 3.31. The van der Waals surface area contributed by atoms with Gasteiger partial charge in [0.25, 0.3) is 0 Å². The second-order valence-electron chi connectivity index (χ2n) is 7.61. The van der Waals surface area contributed by atoms with E-state index >= 15 is 0 Å². The lowest BCUT2D eigenvalue weighted by atomic mass is 9.86. The lowest BCUT2D eigenvalue weighted by molar-refractivity contribution is 0.142. The molecule has 1 heterocycles. The van der Waals surface area contributed by atoms with E-state index in [0.29, 0.717) is 6.04 Å². The van der Waals surface area contributed by atoms with E-state index in [2.05, 4.69) is 69.1 Å². The van der Waals surface area contributed by atoms with Crippen LogP contribution in [0.15, 0.2) is 24.3 Å². The van der Waals surface area contributed by atoms with Crippen LogP contribution in [-0.4, -0.2) is 30.6 Å². The van der Waals surface area contributed by atoms with Crippen LogP contribution in [0.1, 0.15) is 52.2 Å². The normalized spacial score (nSPS) is 24.2. The van der Waals surface area contributed by atoms with Crippen LogP contribution in [0.4, 0.5) is 0 Å². The monoisotopic (exact) mass is 288 g/mol. The second-order valence-corrected chi connectivity index (χ2v) is 7.61. The zero-order valence-electron chi connectivity index (χ0n) is 14.4. The third kappa shape index (κ3) is 4.55. The Kier molecular flexibility index (Phi) is 5.45. The van der Waals surface area contributed by atoms with Crippen molar-refractivity contribution in [3.8, 4) is 0 Å². The molecule has 2 nitrogen and oxygen atoms in total. The van der Waals surface area contributed by atoms with Crippen LogP contribution in [0.25, 0.3) is 0 Å². The van der Waals surface area contributed by atoms with E-state index in [1.165, 1.54) is 30.6 Å². The molecular weight excluding hydrogens is 256 g/mol. The molecule has 1 fully saturated rings. The van der Waals surface area contributed by atoms with Crippen LogP contribution in [-0.2, 0) is 12.0 Å². The average molecular weight is 288 g/mol. The van der Waals surface area contributed by atoms with Gasteiger partial charge in [0, 0.05) is 19.1 Å². The van der Waals surface area contributed by atoms with E-state index in [1.54, 1.807) is 0 Å². The molecule has 0 amide bonds. The highest BCUT2D eigenvalue weighted by atomic mass is 15.1. The van der Waals surface area contributed by atoms with Crippen molar-refractivity contribution in [3.63, 3.8) is 0 Å². The maximum Gasteiger partial charge on any atom is 0.0233 e. The van der Waals surface area contributed by atoms with Gasteiger partial charge in [0.1, 0.15) is 0 Å². The summed E-state index contributed by atoms with van der Waals surface area (Å²) in [6, 6.07) is 9.91. The summed E-state index contributed by atoms with van der Waals surface area (Å²) in [4.78, 5) is 2.60. The maximum atomic E-state index is 3.62. The SMILES string of the molecule is CCNC1CCN(Cc2ccc(C(C)(C)C)cc2)CC1C. The van der Waals surface area contributed by atoms with Gasteiger partial charge in [0.15, 0.2) is 0 Å². The van der Waals surface area contributed by atoms with E-state index in [4.69, 9.17) is 0 Å². The summed E-state index contributed by atoms with van der Waals surface area (Å²) in [6.45, 7) is 16.0. The molecule has 1 aliphatic rings. The van der Waals surface area contributed by atoms with Gasteiger partial charge in [0.05, 0.1) is 0 Å². The molecule has 2 heteroatoms. The highest BCUT2D eigenvalue weighted by Gasteiger charge is 2.25. The molecule has 0 radical (unpaired) electrons. The molecule has 118 valence electrons. The molecule has 1 aromatic rings. The molecule has 2 unspecified atom stereocenters. The van der Waals surface area contributed by atoms with Gasteiger partial charge in [-0.2, -0.15) is 0 Å². The van der Waals surface area contributed by atoms with Gasteiger partial charge in [-0.25, -0.2) is 0 Å². The van der Waals surface area contributed by atoms with Crippen LogP contribution < -0.4 is 5.32 Å². The molecule has 1 aliphatic heterocycles. The highest BCUT2D eigenvalue weighted by Crippen LogP contribution is 2.23. The molecule has 2 rings (SSSR count). The third-order valence-electron chi connectivity index (χ3n) is 4.68. The summed E-state index contributed by atoms with van der Waals surface area (Å²) in [5.41, 5.74) is 3.11. The minimum atomic E-state index is 0.247. The highest BCUT2D eigenvalue weighted by molar-refractivity contribution is 5.27. The zero-order chi connectivity index (χ0) is 15.5. The molecule has 1 saturated heterocycles. The van der Waals surface area contributed by atoms with Crippen molar-refractivity contribution in [3.05, 3.63) is 35.4 Å². The number of likely N-dealkylation sites (tertiary alicyclic amines) is 1. The van der Waals surface area contributed by atoms with Crippen molar-refractivity contribution >= 4 is 0 Å². The van der Waals surface area contributed by atoms with Crippen molar-refractivity contribution in [2.45, 2.75) is 59.0 Å². The van der Waals surface area contributed by atoms with Crippen LogP contribution >= 0.6 is 0 Å². The smallest absolute Gasteiger partial charge is 0.0233 e. The number of rotatable bonds is 4. The Morgan fingerprint density at radius 1 is 1.19 bits per heavy atom. The van der Waals surface area contributed by atoms with E-state index in [-0.39, 0.29) is 5.41 Å². The maximum absolute atomic E-state index is 3.62. The molecule has 0 saturated carbocycles. The van der Waals surface area contributed by atoms with Crippen molar-refractivity contribution in [2.24, 2.45) is 5.92 Å². The Labute approximate surface area is 130 Å². The minimum Gasteiger partial charge on any atom is -0.314 e. The lowest BCUT2D eigenvalue weighted by Gasteiger charge is -2.37. The minimum absolute atomic E-state index is 0.247. The lowest BCUT2D eigenvalue weighted by Crippen LogP contribution is -2.47. The summed E-state index contributed by atoms with van der Waals surface area (Å²) in [7, 11) is 0. The molecule has 0 aliphatic carbocycles. The van der Waals surface area contributed by atoms with Gasteiger partial charge in [-0.15, -0.1) is 0 Å². The summed E-state index contributed by atoms with van der Waals surface area (Å²) >= 11 is 0. The fourth-order valence-electron chi connectivity index (χ4n) is 3.31. The molecular formula is C19H32N2. The van der Waals surface area contributed by atoms with Gasteiger partial charge in [0.2, 0.25) is 0 Å².